The molecule has 0 atom stereocenters. The minimum Gasteiger partial charge on any atom is -0.357 e. The maximum absolute atomic E-state index is 13.2. The first-order chi connectivity index (χ1) is 15.8. The molecule has 0 bridgehead atoms. The number of hydrogen-bond acceptors (Lipinski definition) is 3. The molecule has 1 fully saturated rings. The average Bonchev–Trinajstić information content (AvgIpc) is 2.76. The summed E-state index contributed by atoms with van der Waals surface area (Å²) in [5.41, 5.74) is -3.80. The van der Waals surface area contributed by atoms with Crippen LogP contribution in [-0.2, 0) is 23.7 Å². The Hall–Kier alpha value is -2.78. The van der Waals surface area contributed by atoms with Gasteiger partial charge in [0.2, 0.25) is 5.91 Å². The van der Waals surface area contributed by atoms with Crippen LogP contribution >= 0.6 is 0 Å². The number of halogens is 6. The smallest absolute Gasteiger partial charge is 0.357 e. The van der Waals surface area contributed by atoms with Crippen LogP contribution in [0.1, 0.15) is 49.8 Å². The summed E-state index contributed by atoms with van der Waals surface area (Å²) in [5.74, 6) is 0.620. The maximum atomic E-state index is 13.2. The fourth-order valence-electron chi connectivity index (χ4n) is 4.50. The summed E-state index contributed by atoms with van der Waals surface area (Å²) < 4.78 is 78.9. The first kappa shape index (κ1) is 25.8. The number of anilines is 1. The summed E-state index contributed by atoms with van der Waals surface area (Å²) in [6.45, 7) is 4.67. The highest BCUT2D eigenvalue weighted by Crippen LogP contribution is 2.40. The third kappa shape index (κ3) is 6.21. The Bertz CT molecular complexity index is 948. The molecule has 2 heterocycles. The molecule has 1 aliphatic rings. The third-order valence-electron chi connectivity index (χ3n) is 6.08. The van der Waals surface area contributed by atoms with Gasteiger partial charge in [-0.2, -0.15) is 26.3 Å². The highest BCUT2D eigenvalue weighted by Gasteiger charge is 2.42. The minimum atomic E-state index is -4.93. The molecule has 3 rings (SSSR count). The van der Waals surface area contributed by atoms with Crippen LogP contribution in [0.15, 0.2) is 42.6 Å². The summed E-state index contributed by atoms with van der Waals surface area (Å²) in [4.78, 5) is 19.6. The van der Waals surface area contributed by atoms with Gasteiger partial charge in [0.15, 0.2) is 0 Å². The highest BCUT2D eigenvalue weighted by atomic mass is 19.4. The van der Waals surface area contributed by atoms with Crippen LogP contribution in [0.2, 0.25) is 0 Å². The Labute approximate surface area is 194 Å². The summed E-state index contributed by atoms with van der Waals surface area (Å²) in [6, 6.07) is 6.93. The van der Waals surface area contributed by atoms with E-state index in [9.17, 15) is 31.1 Å². The lowest BCUT2D eigenvalue weighted by Crippen LogP contribution is -2.49. The van der Waals surface area contributed by atoms with Gasteiger partial charge in [-0.1, -0.05) is 19.9 Å². The molecular weight excluding hydrogens is 460 g/mol. The topological polar surface area (TPSA) is 45.2 Å². The van der Waals surface area contributed by atoms with Gasteiger partial charge in [0.1, 0.15) is 5.82 Å². The van der Waals surface area contributed by atoms with Gasteiger partial charge in [0, 0.05) is 25.8 Å². The Morgan fingerprint density at radius 1 is 1.03 bits per heavy atom. The summed E-state index contributed by atoms with van der Waals surface area (Å²) in [7, 11) is 0. The normalized spacial score (nSPS) is 16.6. The number of nitrogens with one attached hydrogen (secondary N) is 1. The molecule has 0 spiro atoms. The zero-order valence-electron chi connectivity index (χ0n) is 18.9. The Kier molecular flexibility index (Phi) is 7.47. The highest BCUT2D eigenvalue weighted by molar-refractivity contribution is 5.83. The molecule has 0 unspecified atom stereocenters. The predicted octanol–water partition coefficient (Wildman–Crippen LogP) is 6.07. The number of nitrogens with zero attached hydrogens (tertiary/aromatic N) is 2. The number of benzene rings is 1. The molecule has 1 amide bonds. The molecule has 186 valence electrons. The van der Waals surface area contributed by atoms with Gasteiger partial charge >= 0.3 is 12.4 Å². The van der Waals surface area contributed by atoms with Crippen molar-refractivity contribution in [2.45, 2.75) is 52.0 Å². The molecule has 0 saturated carbocycles. The lowest BCUT2D eigenvalue weighted by molar-refractivity contribution is -0.143. The van der Waals surface area contributed by atoms with Crippen LogP contribution in [0.4, 0.5) is 32.2 Å². The summed E-state index contributed by atoms with van der Waals surface area (Å²) in [6.07, 6.45) is -6.62. The average molecular weight is 487 g/mol. The minimum absolute atomic E-state index is 0.0823. The maximum Gasteiger partial charge on any atom is 0.416 e. The molecule has 1 saturated heterocycles. The number of pyridine rings is 1. The Morgan fingerprint density at radius 3 is 2.09 bits per heavy atom. The van der Waals surface area contributed by atoms with Gasteiger partial charge in [-0.05, 0) is 61.1 Å². The van der Waals surface area contributed by atoms with Crippen molar-refractivity contribution < 1.29 is 31.1 Å². The molecule has 1 aromatic heterocycles. The van der Waals surface area contributed by atoms with Gasteiger partial charge in [0.05, 0.1) is 16.5 Å². The number of amides is 1. The zero-order chi connectivity index (χ0) is 25.1. The number of hydrogen-bond donors (Lipinski definition) is 1. The van der Waals surface area contributed by atoms with E-state index in [4.69, 9.17) is 0 Å². The molecule has 2 aromatic rings. The SMILES string of the molecule is CC(C)CC1(C(=O)NCc2cc(C(F)(F)F)cc(C(F)(F)F)c2)CCN(c2ccccn2)CC1. The first-order valence-corrected chi connectivity index (χ1v) is 11.0. The molecule has 0 radical (unpaired) electrons. The van der Waals surface area contributed by atoms with Gasteiger partial charge in [0.25, 0.3) is 0 Å². The van der Waals surface area contributed by atoms with E-state index in [-0.39, 0.29) is 23.5 Å². The fraction of sp³-hybridized carbons (Fsp3) is 0.500. The molecule has 10 heteroatoms. The third-order valence-corrected chi connectivity index (χ3v) is 6.08. The summed E-state index contributed by atoms with van der Waals surface area (Å²) in [5, 5.41) is 2.62. The lowest BCUT2D eigenvalue weighted by atomic mass is 9.72. The van der Waals surface area contributed by atoms with E-state index in [1.54, 1.807) is 6.20 Å². The van der Waals surface area contributed by atoms with Gasteiger partial charge < -0.3 is 10.2 Å². The number of rotatable bonds is 6. The van der Waals surface area contributed by atoms with Crippen LogP contribution < -0.4 is 10.2 Å². The second-order valence-corrected chi connectivity index (χ2v) is 9.15. The van der Waals surface area contributed by atoms with Crippen LogP contribution in [0, 0.1) is 11.3 Å². The number of alkyl halides is 6. The van der Waals surface area contributed by atoms with Crippen molar-refractivity contribution in [1.29, 1.82) is 0 Å². The van der Waals surface area contributed by atoms with E-state index < -0.39 is 35.4 Å². The van der Waals surface area contributed by atoms with E-state index in [1.165, 1.54) is 0 Å². The first-order valence-electron chi connectivity index (χ1n) is 11.0. The van der Waals surface area contributed by atoms with Crippen LogP contribution in [0.5, 0.6) is 0 Å². The standard InChI is InChI=1S/C24H27F6N3O/c1-16(2)14-22(6-9-33(10-7-22)20-5-3-4-8-31-20)21(34)32-15-17-11-18(23(25,26)27)13-19(12-17)24(28,29)30/h3-5,8,11-13,16H,6-7,9-10,14-15H2,1-2H3,(H,32,34). The Morgan fingerprint density at radius 2 is 1.62 bits per heavy atom. The second-order valence-electron chi connectivity index (χ2n) is 9.15. The molecule has 4 nitrogen and oxygen atoms in total. The number of piperidine rings is 1. The molecule has 0 aliphatic carbocycles. The van der Waals surface area contributed by atoms with Crippen LogP contribution in [-0.4, -0.2) is 24.0 Å². The van der Waals surface area contributed by atoms with E-state index in [0.717, 1.165) is 5.82 Å². The largest absolute Gasteiger partial charge is 0.416 e. The molecule has 1 aromatic carbocycles. The fourth-order valence-corrected chi connectivity index (χ4v) is 4.50. The number of aromatic nitrogens is 1. The quantitative estimate of drug-likeness (QED) is 0.503. The molecule has 34 heavy (non-hydrogen) atoms. The number of carbonyl (C=O) groups excluding carboxylic acids is 1. The lowest BCUT2D eigenvalue weighted by Gasteiger charge is -2.42. The molecule has 1 aliphatic heterocycles. The monoisotopic (exact) mass is 487 g/mol. The van der Waals surface area contributed by atoms with Crippen LogP contribution in [0.25, 0.3) is 0 Å². The van der Waals surface area contributed by atoms with Gasteiger partial charge in [-0.15, -0.1) is 0 Å². The van der Waals surface area contributed by atoms with Crippen molar-refractivity contribution in [2.75, 3.05) is 18.0 Å². The number of carbonyl (C=O) groups is 1. The van der Waals surface area contributed by atoms with E-state index >= 15 is 0 Å². The Balaban J connectivity index is 1.77. The van der Waals surface area contributed by atoms with E-state index in [1.807, 2.05) is 32.0 Å². The zero-order valence-corrected chi connectivity index (χ0v) is 18.9. The predicted molar refractivity (Wildman–Crippen MR) is 116 cm³/mol. The van der Waals surface area contributed by atoms with Crippen molar-refractivity contribution in [2.24, 2.45) is 11.3 Å². The summed E-state index contributed by atoms with van der Waals surface area (Å²) >= 11 is 0. The van der Waals surface area contributed by atoms with Gasteiger partial charge in [-0.3, -0.25) is 4.79 Å². The van der Waals surface area contributed by atoms with E-state index in [2.05, 4.69) is 15.2 Å². The van der Waals surface area contributed by atoms with Gasteiger partial charge in [-0.25, -0.2) is 4.98 Å². The van der Waals surface area contributed by atoms with E-state index in [0.29, 0.717) is 44.5 Å². The van der Waals surface area contributed by atoms with Crippen LogP contribution in [0.3, 0.4) is 0 Å². The van der Waals surface area contributed by atoms with Crippen molar-refractivity contribution in [3.05, 3.63) is 59.3 Å². The van der Waals surface area contributed by atoms with Crippen molar-refractivity contribution >= 4 is 11.7 Å². The second kappa shape index (κ2) is 9.84. The van der Waals surface area contributed by atoms with Crippen molar-refractivity contribution in [3.63, 3.8) is 0 Å². The van der Waals surface area contributed by atoms with Crippen molar-refractivity contribution in [3.8, 4) is 0 Å². The molecular formula is C24H27F6N3O. The molecule has 1 N–H and O–H groups in total. The van der Waals surface area contributed by atoms with Crippen molar-refractivity contribution in [1.82, 2.24) is 10.3 Å².